The molecule has 0 aliphatic carbocycles. The van der Waals surface area contributed by atoms with E-state index in [1.165, 1.54) is 18.6 Å². The van der Waals surface area contributed by atoms with Crippen molar-refractivity contribution >= 4 is 45.8 Å². The highest BCUT2D eigenvalue weighted by atomic mass is 35.5. The molecule has 4 aromatic heterocycles. The minimum absolute atomic E-state index is 0.167. The lowest BCUT2D eigenvalue weighted by molar-refractivity contribution is -0.113. The van der Waals surface area contributed by atoms with E-state index in [-0.39, 0.29) is 17.7 Å². The lowest BCUT2D eigenvalue weighted by atomic mass is 10.2. The number of H-pyrrole nitrogens is 1. The van der Waals surface area contributed by atoms with E-state index in [9.17, 15) is 9.59 Å². The van der Waals surface area contributed by atoms with Gasteiger partial charge in [0.15, 0.2) is 0 Å². The fraction of sp³-hybridized carbons (Fsp3) is 0.105. The Morgan fingerprint density at radius 3 is 2.62 bits per heavy atom. The van der Waals surface area contributed by atoms with Crippen LogP contribution in [0.1, 0.15) is 10.4 Å². The molecule has 4 aromatic rings. The molecular weight excluding hydrogens is 394 g/mol. The summed E-state index contributed by atoms with van der Waals surface area (Å²) in [6.07, 6.45) is 8.08. The quantitative estimate of drug-likeness (QED) is 0.438. The van der Waals surface area contributed by atoms with Crippen LogP contribution in [0.2, 0.25) is 0 Å². The maximum atomic E-state index is 12.6. The molecule has 146 valence electrons. The summed E-state index contributed by atoms with van der Waals surface area (Å²) in [6, 6.07) is 5.26. The zero-order chi connectivity index (χ0) is 20.4. The number of hydrogen-bond acceptors (Lipinski definition) is 5. The number of anilines is 2. The van der Waals surface area contributed by atoms with Crippen molar-refractivity contribution < 1.29 is 9.59 Å². The molecule has 0 bridgehead atoms. The Balaban J connectivity index is 1.54. The van der Waals surface area contributed by atoms with Crippen LogP contribution in [0.25, 0.3) is 22.3 Å². The van der Waals surface area contributed by atoms with E-state index in [2.05, 4.69) is 30.7 Å². The summed E-state index contributed by atoms with van der Waals surface area (Å²) >= 11 is 5.48. The zero-order valence-electron chi connectivity index (χ0n) is 15.3. The van der Waals surface area contributed by atoms with Crippen molar-refractivity contribution in [3.63, 3.8) is 0 Å². The molecule has 4 heterocycles. The van der Waals surface area contributed by atoms with Crippen molar-refractivity contribution in [1.82, 2.24) is 24.7 Å². The Labute approximate surface area is 170 Å². The molecule has 0 spiro atoms. The van der Waals surface area contributed by atoms with E-state index in [0.717, 1.165) is 16.6 Å². The van der Waals surface area contributed by atoms with Crippen LogP contribution in [0.3, 0.4) is 0 Å². The number of hydrogen-bond donors (Lipinski definition) is 3. The molecule has 0 radical (unpaired) electrons. The number of fused-ring (bicyclic) bond motifs is 1. The van der Waals surface area contributed by atoms with Gasteiger partial charge in [0.05, 0.1) is 41.2 Å². The number of rotatable bonds is 5. The van der Waals surface area contributed by atoms with Crippen LogP contribution < -0.4 is 10.6 Å². The first-order valence-electron chi connectivity index (χ1n) is 8.62. The van der Waals surface area contributed by atoms with Crippen LogP contribution >= 0.6 is 11.6 Å². The number of alkyl halides is 1. The average Bonchev–Trinajstić information content (AvgIpc) is 3.33. The normalized spacial score (nSPS) is 10.8. The molecule has 0 saturated heterocycles. The van der Waals surface area contributed by atoms with Crippen molar-refractivity contribution in [2.45, 2.75) is 0 Å². The van der Waals surface area contributed by atoms with Gasteiger partial charge in [0.1, 0.15) is 11.5 Å². The predicted octanol–water partition coefficient (Wildman–Crippen LogP) is 2.79. The minimum Gasteiger partial charge on any atom is -0.339 e. The number of nitrogens with zero attached hydrogens (tertiary/aromatic N) is 4. The second-order valence-electron chi connectivity index (χ2n) is 6.35. The number of aromatic nitrogens is 5. The molecule has 4 rings (SSSR count). The summed E-state index contributed by atoms with van der Waals surface area (Å²) in [5.74, 6) is -0.866. The number of carbonyl (C=O) groups excluding carboxylic acids is 2. The third-order valence-electron chi connectivity index (χ3n) is 4.15. The summed E-state index contributed by atoms with van der Waals surface area (Å²) in [7, 11) is 1.85. The van der Waals surface area contributed by atoms with Gasteiger partial charge < -0.3 is 15.6 Å². The topological polar surface area (TPSA) is 118 Å². The fourth-order valence-corrected chi connectivity index (χ4v) is 2.90. The second-order valence-corrected chi connectivity index (χ2v) is 6.61. The van der Waals surface area contributed by atoms with E-state index < -0.39 is 0 Å². The van der Waals surface area contributed by atoms with Crippen LogP contribution in [0.15, 0.2) is 49.2 Å². The highest BCUT2D eigenvalue weighted by Crippen LogP contribution is 2.23. The van der Waals surface area contributed by atoms with Gasteiger partial charge in [-0.1, -0.05) is 0 Å². The van der Waals surface area contributed by atoms with Crippen molar-refractivity contribution in [2.75, 3.05) is 16.5 Å². The molecule has 10 heteroatoms. The van der Waals surface area contributed by atoms with Crippen LogP contribution in [0.5, 0.6) is 0 Å². The number of aromatic amines is 1. The van der Waals surface area contributed by atoms with Crippen LogP contribution in [0, 0.1) is 0 Å². The van der Waals surface area contributed by atoms with E-state index in [4.69, 9.17) is 11.6 Å². The van der Waals surface area contributed by atoms with E-state index in [1.54, 1.807) is 23.0 Å². The van der Waals surface area contributed by atoms with Crippen LogP contribution in [0.4, 0.5) is 11.4 Å². The summed E-state index contributed by atoms with van der Waals surface area (Å²) < 4.78 is 1.71. The standard InChI is InChI=1S/C19H16ClN7O2/c1-27-10-13(7-23-27)16-3-11-2-12(6-22-18(11)26-16)19(29)25-15-4-14(8-21-9-15)24-17(28)5-20/h2-4,6-10H,5H2,1H3,(H,22,26)(H,24,28)(H,25,29). The molecule has 0 saturated carbocycles. The second kappa shape index (κ2) is 7.72. The zero-order valence-corrected chi connectivity index (χ0v) is 16.1. The maximum absolute atomic E-state index is 12.6. The Bertz CT molecular complexity index is 1210. The lowest BCUT2D eigenvalue weighted by Gasteiger charge is -2.07. The minimum atomic E-state index is -0.358. The first-order valence-corrected chi connectivity index (χ1v) is 9.15. The Hall–Kier alpha value is -3.72. The number of halogens is 1. The Kier molecular flexibility index (Phi) is 4.96. The van der Waals surface area contributed by atoms with Crippen molar-refractivity contribution in [2.24, 2.45) is 7.05 Å². The molecule has 0 aliphatic rings. The van der Waals surface area contributed by atoms with E-state index in [1.807, 2.05) is 19.3 Å². The first-order chi connectivity index (χ1) is 14.0. The van der Waals surface area contributed by atoms with Gasteiger partial charge in [-0.2, -0.15) is 5.10 Å². The number of amides is 2. The highest BCUT2D eigenvalue weighted by molar-refractivity contribution is 6.29. The fourth-order valence-electron chi connectivity index (χ4n) is 2.83. The largest absolute Gasteiger partial charge is 0.339 e. The molecule has 3 N–H and O–H groups in total. The molecule has 0 fully saturated rings. The van der Waals surface area contributed by atoms with E-state index >= 15 is 0 Å². The van der Waals surface area contributed by atoms with Gasteiger partial charge in [-0.25, -0.2) is 4.98 Å². The first kappa shape index (κ1) is 18.6. The summed E-state index contributed by atoms with van der Waals surface area (Å²) in [5.41, 5.74) is 3.74. The van der Waals surface area contributed by atoms with Gasteiger partial charge in [0, 0.05) is 30.4 Å². The number of nitrogens with one attached hydrogen (secondary N) is 3. The SMILES string of the molecule is Cn1cc(-c2cc3cc(C(=O)Nc4cncc(NC(=O)CCl)c4)cnc3[nH]2)cn1. The monoisotopic (exact) mass is 409 g/mol. The summed E-state index contributed by atoms with van der Waals surface area (Å²) in [4.78, 5) is 35.6. The third-order valence-corrected chi connectivity index (χ3v) is 4.39. The van der Waals surface area contributed by atoms with Crippen molar-refractivity contribution in [3.05, 3.63) is 54.7 Å². The van der Waals surface area contributed by atoms with Crippen molar-refractivity contribution in [3.8, 4) is 11.3 Å². The summed E-state index contributed by atoms with van der Waals surface area (Å²) in [6.45, 7) is 0. The molecule has 2 amide bonds. The van der Waals surface area contributed by atoms with Gasteiger partial charge in [-0.3, -0.25) is 19.3 Å². The van der Waals surface area contributed by atoms with Crippen LogP contribution in [-0.2, 0) is 11.8 Å². The van der Waals surface area contributed by atoms with Gasteiger partial charge in [-0.15, -0.1) is 11.6 Å². The molecular formula is C19H16ClN7O2. The Morgan fingerprint density at radius 2 is 1.90 bits per heavy atom. The van der Waals surface area contributed by atoms with Crippen molar-refractivity contribution in [1.29, 1.82) is 0 Å². The number of aryl methyl sites for hydroxylation is 1. The predicted molar refractivity (Wildman–Crippen MR) is 110 cm³/mol. The van der Waals surface area contributed by atoms with E-state index in [0.29, 0.717) is 22.6 Å². The molecule has 29 heavy (non-hydrogen) atoms. The molecule has 9 nitrogen and oxygen atoms in total. The lowest BCUT2D eigenvalue weighted by Crippen LogP contribution is -2.15. The maximum Gasteiger partial charge on any atom is 0.257 e. The smallest absolute Gasteiger partial charge is 0.257 e. The Morgan fingerprint density at radius 1 is 1.10 bits per heavy atom. The molecule has 0 aromatic carbocycles. The molecule has 0 atom stereocenters. The highest BCUT2D eigenvalue weighted by Gasteiger charge is 2.12. The molecule has 0 aliphatic heterocycles. The van der Waals surface area contributed by atoms with Crippen LogP contribution in [-0.4, -0.2) is 42.4 Å². The van der Waals surface area contributed by atoms with Gasteiger partial charge in [0.2, 0.25) is 5.91 Å². The van der Waals surface area contributed by atoms with Gasteiger partial charge in [0.25, 0.3) is 5.91 Å². The number of pyridine rings is 2. The third kappa shape index (κ3) is 4.09. The van der Waals surface area contributed by atoms with Gasteiger partial charge >= 0.3 is 0 Å². The van der Waals surface area contributed by atoms with Gasteiger partial charge in [-0.05, 0) is 18.2 Å². The number of carbonyl (C=O) groups is 2. The average molecular weight is 410 g/mol. The molecule has 0 unspecified atom stereocenters. The summed E-state index contributed by atoms with van der Waals surface area (Å²) in [5, 5.41) is 10.3.